The van der Waals surface area contributed by atoms with Crippen LogP contribution < -0.4 is 15.0 Å². The first kappa shape index (κ1) is 24.1. The molecule has 3 rings (SSSR count). The van der Waals surface area contributed by atoms with Gasteiger partial charge in [0.2, 0.25) is 5.91 Å². The Kier molecular flexibility index (Phi) is 8.29. The van der Waals surface area contributed by atoms with Crippen LogP contribution in [0.25, 0.3) is 0 Å². The monoisotopic (exact) mass is 454 g/mol. The quantitative estimate of drug-likeness (QED) is 0.560. The van der Waals surface area contributed by atoms with E-state index in [0.717, 1.165) is 31.6 Å². The Morgan fingerprint density at radius 3 is 2.48 bits per heavy atom. The van der Waals surface area contributed by atoms with Crippen molar-refractivity contribution in [1.29, 1.82) is 0 Å². The number of carboxylic acid groups (broad SMARTS) is 1. The minimum atomic E-state index is -1.10. The summed E-state index contributed by atoms with van der Waals surface area (Å²) in [7, 11) is 1.30. The number of aromatic carboxylic acids is 1. The van der Waals surface area contributed by atoms with E-state index in [4.69, 9.17) is 9.47 Å². The van der Waals surface area contributed by atoms with Crippen LogP contribution in [-0.2, 0) is 20.7 Å². The number of carbonyl (C=O) groups excluding carboxylic acids is 2. The molecule has 0 aliphatic carbocycles. The maximum atomic E-state index is 12.9. The number of hydrogen-bond acceptors (Lipinski definition) is 6. The number of anilines is 1. The van der Waals surface area contributed by atoms with E-state index < -0.39 is 18.0 Å². The summed E-state index contributed by atoms with van der Waals surface area (Å²) in [6.07, 6.45) is 3.30. The Morgan fingerprint density at radius 1 is 1.09 bits per heavy atom. The number of ether oxygens (including phenoxy) is 2. The van der Waals surface area contributed by atoms with Crippen molar-refractivity contribution >= 4 is 23.5 Å². The van der Waals surface area contributed by atoms with Gasteiger partial charge >= 0.3 is 11.9 Å². The molecule has 0 bridgehead atoms. The van der Waals surface area contributed by atoms with Gasteiger partial charge in [-0.1, -0.05) is 24.3 Å². The number of carboxylic acids is 1. The first-order valence-electron chi connectivity index (χ1n) is 11.1. The van der Waals surface area contributed by atoms with E-state index in [0.29, 0.717) is 17.7 Å². The van der Waals surface area contributed by atoms with Crippen molar-refractivity contribution in [2.75, 3.05) is 31.7 Å². The molecule has 1 atom stereocenters. The van der Waals surface area contributed by atoms with Crippen LogP contribution in [0.1, 0.15) is 53.7 Å². The zero-order valence-electron chi connectivity index (χ0n) is 19.0. The van der Waals surface area contributed by atoms with E-state index in [1.165, 1.54) is 19.6 Å². The second kappa shape index (κ2) is 11.4. The second-order valence-electron chi connectivity index (χ2n) is 7.88. The average molecular weight is 455 g/mol. The molecule has 1 aliphatic rings. The maximum Gasteiger partial charge on any atom is 0.339 e. The van der Waals surface area contributed by atoms with Crippen LogP contribution in [0.4, 0.5) is 5.69 Å². The van der Waals surface area contributed by atoms with Crippen LogP contribution in [0, 0.1) is 0 Å². The van der Waals surface area contributed by atoms with Gasteiger partial charge < -0.3 is 24.8 Å². The number of hydrogen-bond donors (Lipinski definition) is 2. The normalized spacial score (nSPS) is 14.3. The van der Waals surface area contributed by atoms with Crippen molar-refractivity contribution < 1.29 is 29.0 Å². The van der Waals surface area contributed by atoms with Crippen LogP contribution in [-0.4, -0.2) is 49.8 Å². The Bertz CT molecular complexity index is 1000. The molecular formula is C25H30N2O6. The lowest BCUT2D eigenvalue weighted by Gasteiger charge is -2.32. The maximum absolute atomic E-state index is 12.9. The lowest BCUT2D eigenvalue weighted by molar-refractivity contribution is -0.145. The zero-order chi connectivity index (χ0) is 23.8. The minimum absolute atomic E-state index is 0.0314. The number of nitrogens with one attached hydrogen (secondary N) is 1. The number of nitrogens with zero attached hydrogens (tertiary/aromatic N) is 1. The Morgan fingerprint density at radius 2 is 1.82 bits per heavy atom. The van der Waals surface area contributed by atoms with Gasteiger partial charge in [0.05, 0.1) is 20.1 Å². The molecule has 1 fully saturated rings. The van der Waals surface area contributed by atoms with Crippen molar-refractivity contribution in [2.45, 2.75) is 38.6 Å². The molecule has 176 valence electrons. The van der Waals surface area contributed by atoms with Crippen LogP contribution in [0.5, 0.6) is 5.75 Å². The molecule has 1 saturated heterocycles. The van der Waals surface area contributed by atoms with Crippen LogP contribution in [0.2, 0.25) is 0 Å². The highest BCUT2D eigenvalue weighted by Crippen LogP contribution is 2.30. The molecule has 2 aromatic carbocycles. The third-order valence-corrected chi connectivity index (χ3v) is 5.63. The molecule has 1 unspecified atom stereocenters. The summed E-state index contributed by atoms with van der Waals surface area (Å²) in [5, 5.41) is 12.1. The Labute approximate surface area is 193 Å². The highest BCUT2D eigenvalue weighted by atomic mass is 16.5. The topological polar surface area (TPSA) is 105 Å². The van der Waals surface area contributed by atoms with Crippen molar-refractivity contribution in [3.05, 3.63) is 59.2 Å². The van der Waals surface area contributed by atoms with Gasteiger partial charge in [-0.15, -0.1) is 0 Å². The highest BCUT2D eigenvalue weighted by Gasteiger charge is 2.28. The number of piperidine rings is 1. The van der Waals surface area contributed by atoms with E-state index in [1.54, 1.807) is 19.1 Å². The Balaban J connectivity index is 1.82. The largest absolute Gasteiger partial charge is 0.493 e. The van der Waals surface area contributed by atoms with Crippen molar-refractivity contribution in [2.24, 2.45) is 0 Å². The number of esters is 1. The molecule has 33 heavy (non-hydrogen) atoms. The predicted octanol–water partition coefficient (Wildman–Crippen LogP) is 3.35. The van der Waals surface area contributed by atoms with Crippen molar-refractivity contribution in [3.63, 3.8) is 0 Å². The SMILES string of the molecule is CCOc1cc(CC(=O)NC(C(=O)OC)c2ccccc2N2CCCCC2)ccc1C(=O)O. The Hall–Kier alpha value is -3.55. The fourth-order valence-corrected chi connectivity index (χ4v) is 4.06. The summed E-state index contributed by atoms with van der Waals surface area (Å²) >= 11 is 0. The summed E-state index contributed by atoms with van der Waals surface area (Å²) in [5.74, 6) is -1.84. The molecule has 1 aliphatic heterocycles. The first-order chi connectivity index (χ1) is 15.9. The second-order valence-corrected chi connectivity index (χ2v) is 7.88. The molecule has 8 heteroatoms. The van der Waals surface area contributed by atoms with E-state index in [-0.39, 0.29) is 23.6 Å². The summed E-state index contributed by atoms with van der Waals surface area (Å²) in [6.45, 7) is 3.85. The number of benzene rings is 2. The molecule has 8 nitrogen and oxygen atoms in total. The van der Waals surface area contributed by atoms with Crippen LogP contribution in [0.15, 0.2) is 42.5 Å². The summed E-state index contributed by atoms with van der Waals surface area (Å²) < 4.78 is 10.4. The number of rotatable bonds is 9. The number of carbonyl (C=O) groups is 3. The van der Waals surface area contributed by atoms with E-state index >= 15 is 0 Å². The number of amides is 1. The van der Waals surface area contributed by atoms with Gasteiger partial charge in [-0.05, 0) is 49.9 Å². The average Bonchev–Trinajstić information content (AvgIpc) is 2.83. The minimum Gasteiger partial charge on any atom is -0.493 e. The summed E-state index contributed by atoms with van der Waals surface area (Å²) in [6, 6.07) is 11.1. The van der Waals surface area contributed by atoms with Crippen molar-refractivity contribution in [1.82, 2.24) is 5.32 Å². The molecule has 0 spiro atoms. The fraction of sp³-hybridized carbons (Fsp3) is 0.400. The molecule has 2 N–H and O–H groups in total. The summed E-state index contributed by atoms with van der Waals surface area (Å²) in [4.78, 5) is 39.2. The third kappa shape index (κ3) is 6.03. The molecule has 1 amide bonds. The van der Waals surface area contributed by atoms with E-state index in [1.807, 2.05) is 24.3 Å². The lowest BCUT2D eigenvalue weighted by atomic mass is 10.0. The lowest BCUT2D eigenvalue weighted by Crippen LogP contribution is -2.37. The standard InChI is InChI=1S/C25H30N2O6/c1-3-33-21-15-17(11-12-19(21)24(29)30)16-22(28)26-23(25(31)32-2)18-9-5-6-10-20(18)27-13-7-4-8-14-27/h5-6,9-12,15,23H,3-4,7-8,13-14,16H2,1-2H3,(H,26,28)(H,29,30). The van der Waals surface area contributed by atoms with Gasteiger partial charge in [-0.25, -0.2) is 9.59 Å². The first-order valence-corrected chi connectivity index (χ1v) is 11.1. The summed E-state index contributed by atoms with van der Waals surface area (Å²) in [5.41, 5.74) is 2.21. The van der Waals surface area contributed by atoms with Gasteiger partial charge in [-0.2, -0.15) is 0 Å². The molecule has 0 radical (unpaired) electrons. The number of para-hydroxylation sites is 1. The highest BCUT2D eigenvalue weighted by molar-refractivity contribution is 5.91. The van der Waals surface area contributed by atoms with Gasteiger partial charge in [0, 0.05) is 24.3 Å². The molecule has 1 heterocycles. The number of methoxy groups -OCH3 is 1. The van der Waals surface area contributed by atoms with Gasteiger partial charge in [0.25, 0.3) is 0 Å². The fourth-order valence-electron chi connectivity index (χ4n) is 4.06. The predicted molar refractivity (Wildman–Crippen MR) is 124 cm³/mol. The molecule has 2 aromatic rings. The van der Waals surface area contributed by atoms with Crippen LogP contribution in [0.3, 0.4) is 0 Å². The van der Waals surface area contributed by atoms with Crippen molar-refractivity contribution in [3.8, 4) is 5.75 Å². The smallest absolute Gasteiger partial charge is 0.339 e. The van der Waals surface area contributed by atoms with Crippen LogP contribution >= 0.6 is 0 Å². The van der Waals surface area contributed by atoms with E-state index in [2.05, 4.69) is 10.2 Å². The van der Waals surface area contributed by atoms with Gasteiger partial charge in [0.1, 0.15) is 11.3 Å². The molecule has 0 aromatic heterocycles. The van der Waals surface area contributed by atoms with E-state index in [9.17, 15) is 19.5 Å². The van der Waals surface area contributed by atoms with Gasteiger partial charge in [-0.3, -0.25) is 4.79 Å². The molecular weight excluding hydrogens is 424 g/mol. The third-order valence-electron chi connectivity index (χ3n) is 5.63. The van der Waals surface area contributed by atoms with Gasteiger partial charge in [0.15, 0.2) is 6.04 Å². The molecule has 0 saturated carbocycles. The zero-order valence-corrected chi connectivity index (χ0v) is 19.0.